The second-order valence-corrected chi connectivity index (χ2v) is 5.29. The lowest BCUT2D eigenvalue weighted by molar-refractivity contribution is 0.461. The first-order chi connectivity index (χ1) is 8.29. The van der Waals surface area contributed by atoms with Gasteiger partial charge in [0.2, 0.25) is 0 Å². The average Bonchev–Trinajstić information content (AvgIpc) is 3.13. The van der Waals surface area contributed by atoms with Crippen LogP contribution in [0.4, 0.5) is 0 Å². The van der Waals surface area contributed by atoms with Crippen molar-refractivity contribution in [1.29, 1.82) is 0 Å². The highest BCUT2D eigenvalue weighted by Gasteiger charge is 2.23. The summed E-state index contributed by atoms with van der Waals surface area (Å²) < 4.78 is 0. The van der Waals surface area contributed by atoms with Gasteiger partial charge in [-0.15, -0.1) is 0 Å². The van der Waals surface area contributed by atoms with E-state index in [4.69, 9.17) is 0 Å². The Morgan fingerprint density at radius 3 is 2.94 bits per heavy atom. The first kappa shape index (κ1) is 12.6. The van der Waals surface area contributed by atoms with E-state index in [1.54, 1.807) is 0 Å². The van der Waals surface area contributed by atoms with Gasteiger partial charge in [-0.2, -0.15) is 0 Å². The van der Waals surface area contributed by atoms with Crippen LogP contribution < -0.4 is 5.32 Å². The van der Waals surface area contributed by atoms with Crippen LogP contribution >= 0.6 is 0 Å². The summed E-state index contributed by atoms with van der Waals surface area (Å²) in [4.78, 5) is 4.53. The molecule has 0 bridgehead atoms. The van der Waals surface area contributed by atoms with Gasteiger partial charge >= 0.3 is 0 Å². The molecule has 0 saturated heterocycles. The zero-order chi connectivity index (χ0) is 12.1. The number of nitrogens with zero attached hydrogens (tertiary/aromatic N) is 1. The molecule has 1 aromatic heterocycles. The molecule has 17 heavy (non-hydrogen) atoms. The van der Waals surface area contributed by atoms with E-state index in [2.05, 4.69) is 36.3 Å². The van der Waals surface area contributed by atoms with E-state index in [1.807, 2.05) is 6.20 Å². The van der Waals surface area contributed by atoms with Gasteiger partial charge in [-0.25, -0.2) is 0 Å². The molecule has 1 aromatic rings. The van der Waals surface area contributed by atoms with E-state index in [1.165, 1.54) is 43.4 Å². The van der Waals surface area contributed by atoms with Crippen molar-refractivity contribution in [2.75, 3.05) is 6.54 Å². The standard InChI is InChI=1S/C15H24N2/c1-3-9-16-14(7-6-13-4-5-13)15-11-12(2)8-10-17-15/h8,10-11,13-14,16H,3-7,9H2,1-2H3. The molecule has 0 radical (unpaired) electrons. The van der Waals surface area contributed by atoms with Gasteiger partial charge in [0.25, 0.3) is 0 Å². The highest BCUT2D eigenvalue weighted by atomic mass is 14.9. The predicted molar refractivity (Wildman–Crippen MR) is 72.0 cm³/mol. The lowest BCUT2D eigenvalue weighted by atomic mass is 10.0. The first-order valence-corrected chi connectivity index (χ1v) is 6.95. The van der Waals surface area contributed by atoms with Gasteiger partial charge in [0.1, 0.15) is 0 Å². The molecular weight excluding hydrogens is 208 g/mol. The molecule has 2 nitrogen and oxygen atoms in total. The Balaban J connectivity index is 1.96. The van der Waals surface area contributed by atoms with Crippen molar-refractivity contribution in [3.8, 4) is 0 Å². The van der Waals surface area contributed by atoms with Crippen molar-refractivity contribution < 1.29 is 0 Å². The van der Waals surface area contributed by atoms with E-state index >= 15 is 0 Å². The molecule has 0 spiro atoms. The van der Waals surface area contributed by atoms with Crippen LogP contribution in [0.5, 0.6) is 0 Å². The SMILES string of the molecule is CCCNC(CCC1CC1)c1cc(C)ccn1. The zero-order valence-electron chi connectivity index (χ0n) is 11.1. The second-order valence-electron chi connectivity index (χ2n) is 5.29. The van der Waals surface area contributed by atoms with Gasteiger partial charge < -0.3 is 5.32 Å². The molecule has 1 saturated carbocycles. The Morgan fingerprint density at radius 1 is 1.47 bits per heavy atom. The van der Waals surface area contributed by atoms with Crippen molar-refractivity contribution in [3.63, 3.8) is 0 Å². The minimum atomic E-state index is 0.454. The normalized spacial score (nSPS) is 17.1. The lowest BCUT2D eigenvalue weighted by Gasteiger charge is -2.18. The number of hydrogen-bond donors (Lipinski definition) is 1. The van der Waals surface area contributed by atoms with Crippen LogP contribution in [0, 0.1) is 12.8 Å². The molecule has 0 aliphatic heterocycles. The highest BCUT2D eigenvalue weighted by Crippen LogP contribution is 2.35. The maximum atomic E-state index is 4.53. The van der Waals surface area contributed by atoms with E-state index < -0.39 is 0 Å². The monoisotopic (exact) mass is 232 g/mol. The molecule has 1 aliphatic rings. The summed E-state index contributed by atoms with van der Waals surface area (Å²) in [7, 11) is 0. The van der Waals surface area contributed by atoms with Gasteiger partial charge in [0.15, 0.2) is 0 Å². The third kappa shape index (κ3) is 4.12. The summed E-state index contributed by atoms with van der Waals surface area (Å²) >= 11 is 0. The molecule has 0 aromatic carbocycles. The molecule has 94 valence electrons. The average molecular weight is 232 g/mol. The second kappa shape index (κ2) is 6.15. The lowest BCUT2D eigenvalue weighted by Crippen LogP contribution is -2.23. The Labute approximate surface area is 105 Å². The van der Waals surface area contributed by atoms with Crippen LogP contribution in [0.2, 0.25) is 0 Å². The first-order valence-electron chi connectivity index (χ1n) is 6.95. The van der Waals surface area contributed by atoms with Crippen molar-refractivity contribution in [3.05, 3.63) is 29.6 Å². The molecule has 1 unspecified atom stereocenters. The quantitative estimate of drug-likeness (QED) is 0.776. The van der Waals surface area contributed by atoms with Crippen LogP contribution in [-0.2, 0) is 0 Å². The van der Waals surface area contributed by atoms with Gasteiger partial charge in [-0.1, -0.05) is 19.8 Å². The fourth-order valence-electron chi connectivity index (χ4n) is 2.23. The number of rotatable bonds is 7. The zero-order valence-corrected chi connectivity index (χ0v) is 11.1. The maximum absolute atomic E-state index is 4.53. The third-order valence-corrected chi connectivity index (χ3v) is 3.49. The van der Waals surface area contributed by atoms with Gasteiger partial charge in [0, 0.05) is 12.2 Å². The molecule has 2 rings (SSSR count). The van der Waals surface area contributed by atoms with Crippen molar-refractivity contribution in [1.82, 2.24) is 10.3 Å². The number of aromatic nitrogens is 1. The van der Waals surface area contributed by atoms with Gasteiger partial charge in [-0.05, 0) is 56.3 Å². The Morgan fingerprint density at radius 2 is 2.29 bits per heavy atom. The van der Waals surface area contributed by atoms with Crippen molar-refractivity contribution >= 4 is 0 Å². The molecule has 1 atom stereocenters. The predicted octanol–water partition coefficient (Wildman–Crippen LogP) is 3.62. The van der Waals surface area contributed by atoms with E-state index in [-0.39, 0.29) is 0 Å². The molecule has 0 amide bonds. The van der Waals surface area contributed by atoms with E-state index in [0.717, 1.165) is 12.5 Å². The van der Waals surface area contributed by atoms with Crippen molar-refractivity contribution in [2.24, 2.45) is 5.92 Å². The number of aryl methyl sites for hydroxylation is 1. The number of pyridine rings is 1. The minimum absolute atomic E-state index is 0.454. The van der Waals surface area contributed by atoms with Crippen LogP contribution in [0.3, 0.4) is 0 Å². The Bertz CT molecular complexity index is 345. The van der Waals surface area contributed by atoms with Gasteiger partial charge in [-0.3, -0.25) is 4.98 Å². The fraction of sp³-hybridized carbons (Fsp3) is 0.667. The van der Waals surface area contributed by atoms with Crippen LogP contribution in [0.1, 0.15) is 56.3 Å². The van der Waals surface area contributed by atoms with Crippen LogP contribution in [0.25, 0.3) is 0 Å². The Kier molecular flexibility index (Phi) is 4.55. The summed E-state index contributed by atoms with van der Waals surface area (Å²) in [5.41, 5.74) is 2.53. The summed E-state index contributed by atoms with van der Waals surface area (Å²) in [5.74, 6) is 1.01. The molecule has 1 aliphatic carbocycles. The maximum Gasteiger partial charge on any atom is 0.0575 e. The highest BCUT2D eigenvalue weighted by molar-refractivity contribution is 5.17. The summed E-state index contributed by atoms with van der Waals surface area (Å²) in [5, 5.41) is 3.63. The van der Waals surface area contributed by atoms with E-state index in [9.17, 15) is 0 Å². The van der Waals surface area contributed by atoms with E-state index in [0.29, 0.717) is 6.04 Å². The number of nitrogens with one attached hydrogen (secondary N) is 1. The third-order valence-electron chi connectivity index (χ3n) is 3.49. The topological polar surface area (TPSA) is 24.9 Å². The smallest absolute Gasteiger partial charge is 0.0575 e. The summed E-state index contributed by atoms with van der Waals surface area (Å²) in [6, 6.07) is 4.75. The van der Waals surface area contributed by atoms with Crippen molar-refractivity contribution in [2.45, 2.75) is 52.0 Å². The molecule has 1 N–H and O–H groups in total. The van der Waals surface area contributed by atoms with Gasteiger partial charge in [0.05, 0.1) is 5.69 Å². The molecule has 2 heteroatoms. The molecule has 1 heterocycles. The molecule has 1 fully saturated rings. The largest absolute Gasteiger partial charge is 0.309 e. The molecular formula is C15H24N2. The Hall–Kier alpha value is -0.890. The summed E-state index contributed by atoms with van der Waals surface area (Å²) in [6.45, 7) is 5.45. The van der Waals surface area contributed by atoms with Crippen LogP contribution in [0.15, 0.2) is 18.3 Å². The summed E-state index contributed by atoms with van der Waals surface area (Å²) in [6.07, 6.45) is 8.61. The number of hydrogen-bond acceptors (Lipinski definition) is 2. The van der Waals surface area contributed by atoms with Crippen LogP contribution in [-0.4, -0.2) is 11.5 Å². The minimum Gasteiger partial charge on any atom is -0.309 e. The fourth-order valence-corrected chi connectivity index (χ4v) is 2.23.